The maximum atomic E-state index is 5.84. The first-order valence-corrected chi connectivity index (χ1v) is 8.61. The summed E-state index contributed by atoms with van der Waals surface area (Å²) in [4.78, 5) is 10.7. The molecular weight excluding hydrogens is 314 g/mol. The summed E-state index contributed by atoms with van der Waals surface area (Å²) in [5.74, 6) is 1.44. The third kappa shape index (κ3) is 4.03. The van der Waals surface area contributed by atoms with Gasteiger partial charge in [0.05, 0.1) is 6.04 Å². The van der Waals surface area contributed by atoms with Gasteiger partial charge in [-0.05, 0) is 43.1 Å². The van der Waals surface area contributed by atoms with Crippen LogP contribution in [0.1, 0.15) is 24.4 Å². The van der Waals surface area contributed by atoms with Crippen LogP contribution in [-0.4, -0.2) is 37.7 Å². The van der Waals surface area contributed by atoms with Crippen molar-refractivity contribution >= 4 is 0 Å². The van der Waals surface area contributed by atoms with Gasteiger partial charge in [0.15, 0.2) is 0 Å². The van der Waals surface area contributed by atoms with Gasteiger partial charge in [-0.1, -0.05) is 18.2 Å². The monoisotopic (exact) mass is 335 g/mol. The molecule has 0 bridgehead atoms. The molecule has 25 heavy (non-hydrogen) atoms. The Labute approximate surface area is 147 Å². The minimum Gasteiger partial charge on any atom is -0.439 e. The van der Waals surface area contributed by atoms with Crippen molar-refractivity contribution < 1.29 is 4.74 Å². The second-order valence-electron chi connectivity index (χ2n) is 6.32. The van der Waals surface area contributed by atoms with E-state index < -0.39 is 0 Å². The Morgan fingerprint density at radius 3 is 3.00 bits per heavy atom. The molecule has 2 aromatic heterocycles. The molecule has 1 fully saturated rings. The van der Waals surface area contributed by atoms with E-state index in [1.54, 1.807) is 12.5 Å². The molecule has 1 unspecified atom stereocenters. The lowest BCUT2D eigenvalue weighted by atomic mass is 10.0. The summed E-state index contributed by atoms with van der Waals surface area (Å²) in [6.07, 6.45) is 7.49. The van der Waals surface area contributed by atoms with E-state index in [0.717, 1.165) is 31.8 Å². The predicted molar refractivity (Wildman–Crippen MR) is 94.3 cm³/mol. The SMILES string of the molecule is c1ccc(Oc2cccc(CN3CCCC(n4cncn4)C3)c2)nc1. The molecule has 1 saturated heterocycles. The lowest BCUT2D eigenvalue weighted by Crippen LogP contribution is -2.36. The van der Waals surface area contributed by atoms with Crippen LogP contribution in [0.3, 0.4) is 0 Å². The number of likely N-dealkylation sites (tertiary alicyclic amines) is 1. The quantitative estimate of drug-likeness (QED) is 0.716. The highest BCUT2D eigenvalue weighted by Crippen LogP contribution is 2.24. The minimum atomic E-state index is 0.407. The van der Waals surface area contributed by atoms with Crippen LogP contribution in [0.4, 0.5) is 0 Å². The van der Waals surface area contributed by atoms with Crippen LogP contribution >= 0.6 is 0 Å². The standard InChI is InChI=1S/C19H21N5O/c1-2-9-21-19(8-1)25-18-7-3-5-16(11-18)12-23-10-4-6-17(13-23)24-15-20-14-22-24/h1-3,5,7-9,11,14-15,17H,4,6,10,12-13H2. The average molecular weight is 335 g/mol. The molecule has 6 nitrogen and oxygen atoms in total. The van der Waals surface area contributed by atoms with Crippen molar-refractivity contribution in [2.24, 2.45) is 0 Å². The van der Waals surface area contributed by atoms with Crippen LogP contribution < -0.4 is 4.74 Å². The molecule has 0 amide bonds. The molecule has 1 atom stereocenters. The topological polar surface area (TPSA) is 56.1 Å². The molecule has 3 heterocycles. The summed E-state index contributed by atoms with van der Waals surface area (Å²) in [6.45, 7) is 3.01. The zero-order valence-corrected chi connectivity index (χ0v) is 14.0. The Kier molecular flexibility index (Phi) is 4.70. The maximum Gasteiger partial charge on any atom is 0.219 e. The van der Waals surface area contributed by atoms with Gasteiger partial charge in [0.25, 0.3) is 0 Å². The highest BCUT2D eigenvalue weighted by Gasteiger charge is 2.21. The van der Waals surface area contributed by atoms with Crippen molar-refractivity contribution in [3.63, 3.8) is 0 Å². The molecular formula is C19H21N5O. The van der Waals surface area contributed by atoms with Crippen molar-refractivity contribution in [2.75, 3.05) is 13.1 Å². The van der Waals surface area contributed by atoms with E-state index in [0.29, 0.717) is 11.9 Å². The molecule has 1 aromatic carbocycles. The van der Waals surface area contributed by atoms with E-state index in [-0.39, 0.29) is 0 Å². The molecule has 3 aromatic rings. The van der Waals surface area contributed by atoms with E-state index in [4.69, 9.17) is 4.74 Å². The number of aromatic nitrogens is 4. The van der Waals surface area contributed by atoms with E-state index in [1.807, 2.05) is 41.3 Å². The first kappa shape index (κ1) is 15.8. The zero-order chi connectivity index (χ0) is 16.9. The number of nitrogens with zero attached hydrogens (tertiary/aromatic N) is 5. The Morgan fingerprint density at radius 2 is 2.16 bits per heavy atom. The molecule has 0 radical (unpaired) electrons. The number of ether oxygens (including phenoxy) is 1. The van der Waals surface area contributed by atoms with Crippen LogP contribution in [0, 0.1) is 0 Å². The summed E-state index contributed by atoms with van der Waals surface area (Å²) in [5.41, 5.74) is 1.24. The molecule has 4 rings (SSSR count). The van der Waals surface area contributed by atoms with Gasteiger partial charge >= 0.3 is 0 Å². The highest BCUT2D eigenvalue weighted by molar-refractivity contribution is 5.31. The van der Waals surface area contributed by atoms with Crippen LogP contribution in [-0.2, 0) is 6.54 Å². The van der Waals surface area contributed by atoms with Gasteiger partial charge in [-0.15, -0.1) is 0 Å². The van der Waals surface area contributed by atoms with Gasteiger partial charge in [-0.25, -0.2) is 14.6 Å². The van der Waals surface area contributed by atoms with Crippen LogP contribution in [0.25, 0.3) is 0 Å². The summed E-state index contributed by atoms with van der Waals surface area (Å²) in [6, 6.07) is 14.3. The van der Waals surface area contributed by atoms with Crippen LogP contribution in [0.2, 0.25) is 0 Å². The predicted octanol–water partition coefficient (Wildman–Crippen LogP) is 3.30. The van der Waals surface area contributed by atoms with Gasteiger partial charge in [-0.2, -0.15) is 5.10 Å². The van der Waals surface area contributed by atoms with E-state index in [1.165, 1.54) is 12.0 Å². The number of pyridine rings is 1. The number of hydrogen-bond donors (Lipinski definition) is 0. The molecule has 1 aliphatic rings. The average Bonchev–Trinajstić information content (AvgIpc) is 3.18. The summed E-state index contributed by atoms with van der Waals surface area (Å²) < 4.78 is 7.82. The fourth-order valence-electron chi connectivity index (χ4n) is 3.29. The summed E-state index contributed by atoms with van der Waals surface area (Å²) in [5, 5.41) is 4.29. The number of rotatable bonds is 5. The Bertz CT molecular complexity index is 791. The fraction of sp³-hybridized carbons (Fsp3) is 0.316. The molecule has 0 aliphatic carbocycles. The van der Waals surface area contributed by atoms with Gasteiger partial charge in [0, 0.05) is 25.4 Å². The normalized spacial score (nSPS) is 18.2. The van der Waals surface area contributed by atoms with E-state index in [9.17, 15) is 0 Å². The van der Waals surface area contributed by atoms with Gasteiger partial charge in [-0.3, -0.25) is 4.90 Å². The molecule has 0 N–H and O–H groups in total. The minimum absolute atomic E-state index is 0.407. The zero-order valence-electron chi connectivity index (χ0n) is 14.0. The summed E-state index contributed by atoms with van der Waals surface area (Å²) in [7, 11) is 0. The van der Waals surface area contributed by atoms with Crippen molar-refractivity contribution in [1.82, 2.24) is 24.6 Å². The lowest BCUT2D eigenvalue weighted by molar-refractivity contribution is 0.163. The van der Waals surface area contributed by atoms with Crippen molar-refractivity contribution in [3.05, 3.63) is 66.9 Å². The van der Waals surface area contributed by atoms with Crippen LogP contribution in [0.5, 0.6) is 11.6 Å². The Morgan fingerprint density at radius 1 is 1.16 bits per heavy atom. The summed E-state index contributed by atoms with van der Waals surface area (Å²) >= 11 is 0. The van der Waals surface area contributed by atoms with E-state index in [2.05, 4.69) is 32.1 Å². The second kappa shape index (κ2) is 7.44. The molecule has 1 aliphatic heterocycles. The van der Waals surface area contributed by atoms with Crippen molar-refractivity contribution in [2.45, 2.75) is 25.4 Å². The first-order chi connectivity index (χ1) is 12.4. The molecule has 6 heteroatoms. The van der Waals surface area contributed by atoms with Crippen molar-refractivity contribution in [3.8, 4) is 11.6 Å². The first-order valence-electron chi connectivity index (χ1n) is 8.61. The molecule has 128 valence electrons. The number of piperidine rings is 1. The third-order valence-corrected chi connectivity index (χ3v) is 4.46. The largest absolute Gasteiger partial charge is 0.439 e. The molecule has 0 spiro atoms. The Balaban J connectivity index is 1.41. The maximum absolute atomic E-state index is 5.84. The van der Waals surface area contributed by atoms with Gasteiger partial charge < -0.3 is 4.74 Å². The van der Waals surface area contributed by atoms with E-state index >= 15 is 0 Å². The fourth-order valence-corrected chi connectivity index (χ4v) is 3.29. The number of hydrogen-bond acceptors (Lipinski definition) is 5. The Hall–Kier alpha value is -2.73. The highest BCUT2D eigenvalue weighted by atomic mass is 16.5. The van der Waals surface area contributed by atoms with Gasteiger partial charge in [0.1, 0.15) is 18.4 Å². The van der Waals surface area contributed by atoms with Crippen LogP contribution in [0.15, 0.2) is 61.3 Å². The van der Waals surface area contributed by atoms with Gasteiger partial charge in [0.2, 0.25) is 5.88 Å². The number of benzene rings is 1. The lowest BCUT2D eigenvalue weighted by Gasteiger charge is -2.32. The third-order valence-electron chi connectivity index (χ3n) is 4.46. The van der Waals surface area contributed by atoms with Crippen molar-refractivity contribution in [1.29, 1.82) is 0 Å². The second-order valence-corrected chi connectivity index (χ2v) is 6.32. The molecule has 0 saturated carbocycles. The smallest absolute Gasteiger partial charge is 0.219 e.